The van der Waals surface area contributed by atoms with E-state index in [2.05, 4.69) is 29.3 Å². The number of nitrogens with one attached hydrogen (secondary N) is 1. The summed E-state index contributed by atoms with van der Waals surface area (Å²) in [5.74, 6) is 1.02. The van der Waals surface area contributed by atoms with Crippen LogP contribution in [0.5, 0.6) is 5.75 Å². The summed E-state index contributed by atoms with van der Waals surface area (Å²) in [6.07, 6.45) is 0.233. The first kappa shape index (κ1) is 17.0. The zero-order valence-corrected chi connectivity index (χ0v) is 14.4. The molecule has 0 aliphatic carbocycles. The quantitative estimate of drug-likeness (QED) is 0.669. The molecule has 0 spiro atoms. The molecule has 0 aliphatic heterocycles. The number of carbonyl (C=O) groups is 1. The first-order chi connectivity index (χ1) is 12.1. The van der Waals surface area contributed by atoms with Crippen LogP contribution in [-0.4, -0.2) is 28.0 Å². The molecule has 0 atom stereocenters. The maximum absolute atomic E-state index is 12.0. The molecular weight excluding hydrogens is 318 g/mol. The van der Waals surface area contributed by atoms with Crippen molar-refractivity contribution in [3.63, 3.8) is 0 Å². The van der Waals surface area contributed by atoms with Gasteiger partial charge in [-0.3, -0.25) is 4.79 Å². The van der Waals surface area contributed by atoms with Gasteiger partial charge in [0, 0.05) is 0 Å². The number of aromatic amines is 1. The Bertz CT molecular complexity index is 841. The highest BCUT2D eigenvalue weighted by molar-refractivity contribution is 5.75. The van der Waals surface area contributed by atoms with Gasteiger partial charge in [-0.25, -0.2) is 0 Å². The third-order valence-corrected chi connectivity index (χ3v) is 3.64. The minimum absolute atomic E-state index is 0.219. The largest absolute Gasteiger partial charge is 0.493 e. The van der Waals surface area contributed by atoms with E-state index >= 15 is 0 Å². The molecule has 0 saturated heterocycles. The van der Waals surface area contributed by atoms with E-state index in [9.17, 15) is 4.79 Å². The molecule has 0 amide bonds. The number of benzene rings is 2. The van der Waals surface area contributed by atoms with Gasteiger partial charge in [0.05, 0.1) is 13.0 Å². The third-order valence-electron chi connectivity index (χ3n) is 3.64. The minimum Gasteiger partial charge on any atom is -0.493 e. The van der Waals surface area contributed by atoms with Gasteiger partial charge < -0.3 is 9.47 Å². The minimum atomic E-state index is -0.268. The summed E-state index contributed by atoms with van der Waals surface area (Å²) < 4.78 is 11.0. The molecule has 6 heteroatoms. The van der Waals surface area contributed by atoms with Crippen LogP contribution in [0.3, 0.4) is 0 Å². The number of fused-ring (bicyclic) bond motifs is 1. The zero-order chi connectivity index (χ0) is 17.6. The average Bonchev–Trinajstić information content (AvgIpc) is 3.07. The number of hydrogen-bond acceptors (Lipinski definition) is 5. The number of nitrogens with zero attached hydrogens (tertiary/aromatic N) is 2. The highest BCUT2D eigenvalue weighted by atomic mass is 16.5. The monoisotopic (exact) mass is 339 g/mol. The van der Waals surface area contributed by atoms with Crippen molar-refractivity contribution in [2.75, 3.05) is 6.61 Å². The highest BCUT2D eigenvalue weighted by Gasteiger charge is 2.07. The van der Waals surface area contributed by atoms with Gasteiger partial charge >= 0.3 is 5.97 Å². The molecule has 0 fully saturated rings. The summed E-state index contributed by atoms with van der Waals surface area (Å²) in [4.78, 5) is 12.0. The lowest BCUT2D eigenvalue weighted by molar-refractivity contribution is -0.144. The molecule has 25 heavy (non-hydrogen) atoms. The first-order valence-electron chi connectivity index (χ1n) is 8.27. The van der Waals surface area contributed by atoms with Gasteiger partial charge in [-0.15, -0.1) is 0 Å². The average molecular weight is 339 g/mol. The van der Waals surface area contributed by atoms with E-state index in [1.807, 2.05) is 42.5 Å². The number of ether oxygens (including phenoxy) is 2. The Morgan fingerprint density at radius 3 is 2.52 bits per heavy atom. The Balaban J connectivity index is 1.50. The van der Waals surface area contributed by atoms with E-state index in [1.165, 1.54) is 0 Å². The molecule has 3 aromatic rings. The predicted molar refractivity (Wildman–Crippen MR) is 94.2 cm³/mol. The van der Waals surface area contributed by atoms with Crippen molar-refractivity contribution in [2.24, 2.45) is 5.92 Å². The van der Waals surface area contributed by atoms with E-state index in [1.54, 1.807) is 0 Å². The second-order valence-corrected chi connectivity index (χ2v) is 6.33. The molecule has 1 aromatic heterocycles. The summed E-state index contributed by atoms with van der Waals surface area (Å²) in [7, 11) is 0. The maximum atomic E-state index is 12.0. The van der Waals surface area contributed by atoms with E-state index in [4.69, 9.17) is 9.47 Å². The molecule has 1 N–H and O–H groups in total. The van der Waals surface area contributed by atoms with Crippen LogP contribution in [0.4, 0.5) is 0 Å². The van der Waals surface area contributed by atoms with Gasteiger partial charge in [0.25, 0.3) is 0 Å². The van der Waals surface area contributed by atoms with Gasteiger partial charge in [-0.2, -0.15) is 15.4 Å². The van der Waals surface area contributed by atoms with Crippen molar-refractivity contribution in [1.29, 1.82) is 0 Å². The number of rotatable bonds is 7. The summed E-state index contributed by atoms with van der Waals surface area (Å²) in [5, 5.41) is 10.6. The predicted octanol–water partition coefficient (Wildman–Crippen LogP) is 3.28. The van der Waals surface area contributed by atoms with Gasteiger partial charge in [-0.05, 0) is 41.3 Å². The van der Waals surface area contributed by atoms with Crippen LogP contribution in [0.15, 0.2) is 42.5 Å². The molecule has 0 bridgehead atoms. The van der Waals surface area contributed by atoms with Crippen LogP contribution in [0.2, 0.25) is 0 Å². The molecule has 3 rings (SSSR count). The fourth-order valence-corrected chi connectivity index (χ4v) is 2.32. The van der Waals surface area contributed by atoms with Crippen LogP contribution in [0, 0.1) is 5.92 Å². The lowest BCUT2D eigenvalue weighted by atomic mass is 10.1. The van der Waals surface area contributed by atoms with Gasteiger partial charge in [0.15, 0.2) is 0 Å². The van der Waals surface area contributed by atoms with Gasteiger partial charge in [-0.1, -0.05) is 32.0 Å². The molecule has 0 aliphatic rings. The summed E-state index contributed by atoms with van der Waals surface area (Å²) >= 11 is 0. The lowest BCUT2D eigenvalue weighted by Crippen LogP contribution is -2.08. The Labute approximate surface area is 146 Å². The topological polar surface area (TPSA) is 77.1 Å². The van der Waals surface area contributed by atoms with Crippen molar-refractivity contribution >= 4 is 17.0 Å². The molecule has 1 heterocycles. The molecule has 0 saturated carbocycles. The van der Waals surface area contributed by atoms with Gasteiger partial charge in [0.1, 0.15) is 23.4 Å². The van der Waals surface area contributed by atoms with Crippen molar-refractivity contribution in [2.45, 2.75) is 26.9 Å². The van der Waals surface area contributed by atoms with Crippen molar-refractivity contribution in [3.8, 4) is 5.75 Å². The highest BCUT2D eigenvalue weighted by Crippen LogP contribution is 2.15. The van der Waals surface area contributed by atoms with Gasteiger partial charge in [0.2, 0.25) is 0 Å². The summed E-state index contributed by atoms with van der Waals surface area (Å²) in [6, 6.07) is 13.1. The summed E-state index contributed by atoms with van der Waals surface area (Å²) in [5.41, 5.74) is 3.32. The smallest absolute Gasteiger partial charge is 0.310 e. The number of H-pyrrole nitrogens is 1. The van der Waals surface area contributed by atoms with E-state index < -0.39 is 0 Å². The number of esters is 1. The normalized spacial score (nSPS) is 11.0. The molecule has 2 aromatic carbocycles. The second kappa shape index (κ2) is 7.79. The van der Waals surface area contributed by atoms with Crippen molar-refractivity contribution in [3.05, 3.63) is 53.6 Å². The van der Waals surface area contributed by atoms with Crippen molar-refractivity contribution in [1.82, 2.24) is 15.4 Å². The fraction of sp³-hybridized carbons (Fsp3) is 0.316. The number of hydrogen-bond donors (Lipinski definition) is 1. The first-order valence-corrected chi connectivity index (χ1v) is 8.27. The number of carbonyl (C=O) groups excluding carboxylic acids is 1. The summed E-state index contributed by atoms with van der Waals surface area (Å²) in [6.45, 7) is 5.10. The SMILES string of the molecule is CC(C)COc1ccc(CC(=O)OCc2ccc3n[nH]nc3c2)cc1. The van der Waals surface area contributed by atoms with E-state index in [-0.39, 0.29) is 19.0 Å². The van der Waals surface area contributed by atoms with Crippen LogP contribution in [0.25, 0.3) is 11.0 Å². The molecule has 0 unspecified atom stereocenters. The van der Waals surface area contributed by atoms with E-state index in [0.29, 0.717) is 12.5 Å². The van der Waals surface area contributed by atoms with E-state index in [0.717, 1.165) is 27.9 Å². The Morgan fingerprint density at radius 1 is 1.04 bits per heavy atom. The maximum Gasteiger partial charge on any atom is 0.310 e. The van der Waals surface area contributed by atoms with Crippen LogP contribution >= 0.6 is 0 Å². The second-order valence-electron chi connectivity index (χ2n) is 6.33. The molecule has 130 valence electrons. The lowest BCUT2D eigenvalue weighted by Gasteiger charge is -2.09. The van der Waals surface area contributed by atoms with Crippen molar-refractivity contribution < 1.29 is 14.3 Å². The van der Waals surface area contributed by atoms with Crippen LogP contribution in [-0.2, 0) is 22.6 Å². The Morgan fingerprint density at radius 2 is 1.76 bits per heavy atom. The molecular formula is C19H21N3O3. The number of aromatic nitrogens is 3. The Kier molecular flexibility index (Phi) is 5.28. The molecule has 6 nitrogen and oxygen atoms in total. The molecule has 0 radical (unpaired) electrons. The zero-order valence-electron chi connectivity index (χ0n) is 14.4. The fourth-order valence-electron chi connectivity index (χ4n) is 2.32. The standard InChI is InChI=1S/C19H21N3O3/c1-13(2)11-24-16-6-3-14(4-7-16)10-19(23)25-12-15-5-8-17-18(9-15)21-22-20-17/h3-9,13H,10-12H2,1-2H3,(H,20,21,22). The Hall–Kier alpha value is -2.89. The van der Waals surface area contributed by atoms with Crippen LogP contribution < -0.4 is 4.74 Å². The van der Waals surface area contributed by atoms with Crippen LogP contribution in [0.1, 0.15) is 25.0 Å². The third kappa shape index (κ3) is 4.79.